The van der Waals surface area contributed by atoms with E-state index >= 15 is 0 Å². The minimum Gasteiger partial charge on any atom is -0.310 e. The van der Waals surface area contributed by atoms with Gasteiger partial charge in [0.2, 0.25) is 0 Å². The van der Waals surface area contributed by atoms with Crippen molar-refractivity contribution in [2.45, 2.75) is 33.2 Å². The fourth-order valence-corrected chi connectivity index (χ4v) is 2.54. The van der Waals surface area contributed by atoms with E-state index in [1.807, 2.05) is 6.92 Å². The van der Waals surface area contributed by atoms with Crippen molar-refractivity contribution in [2.75, 3.05) is 6.54 Å². The molecule has 0 aliphatic carbocycles. The van der Waals surface area contributed by atoms with Crippen LogP contribution in [-0.4, -0.2) is 6.54 Å². The lowest BCUT2D eigenvalue weighted by Crippen LogP contribution is -2.20. The van der Waals surface area contributed by atoms with Gasteiger partial charge in [0.1, 0.15) is 11.6 Å². The highest BCUT2D eigenvalue weighted by Gasteiger charge is 2.14. The van der Waals surface area contributed by atoms with Crippen LogP contribution in [-0.2, 0) is 0 Å². The van der Waals surface area contributed by atoms with Gasteiger partial charge in [0.05, 0.1) is 0 Å². The summed E-state index contributed by atoms with van der Waals surface area (Å²) in [6.45, 7) is 6.91. The molecule has 2 aromatic rings. The van der Waals surface area contributed by atoms with Gasteiger partial charge in [-0.2, -0.15) is 0 Å². The second-order valence-corrected chi connectivity index (χ2v) is 5.37. The summed E-state index contributed by atoms with van der Waals surface area (Å²) >= 11 is 0. The van der Waals surface area contributed by atoms with E-state index in [0.717, 1.165) is 35.2 Å². The predicted molar refractivity (Wildman–Crippen MR) is 83.2 cm³/mol. The van der Waals surface area contributed by atoms with E-state index < -0.39 is 0 Å². The van der Waals surface area contributed by atoms with Crippen molar-refractivity contribution in [3.63, 3.8) is 0 Å². The lowest BCUT2D eigenvalue weighted by atomic mass is 9.92. The fourth-order valence-electron chi connectivity index (χ4n) is 2.54. The maximum Gasteiger partial charge on any atom is 0.123 e. The Kier molecular flexibility index (Phi) is 5.07. The Hall–Kier alpha value is -1.74. The summed E-state index contributed by atoms with van der Waals surface area (Å²) in [5.74, 6) is -0.550. The van der Waals surface area contributed by atoms with Crippen molar-refractivity contribution in [2.24, 2.45) is 0 Å². The summed E-state index contributed by atoms with van der Waals surface area (Å²) in [5.41, 5.74) is 3.53. The van der Waals surface area contributed by atoms with Gasteiger partial charge in [-0.15, -0.1) is 0 Å². The molecule has 1 unspecified atom stereocenters. The first kappa shape index (κ1) is 15.6. The van der Waals surface area contributed by atoms with Gasteiger partial charge in [0, 0.05) is 6.04 Å². The lowest BCUT2D eigenvalue weighted by Gasteiger charge is -2.19. The van der Waals surface area contributed by atoms with E-state index in [1.165, 1.54) is 24.3 Å². The molecule has 0 aliphatic rings. The Labute approximate surface area is 125 Å². The molecule has 112 valence electrons. The highest BCUT2D eigenvalue weighted by atomic mass is 19.1. The number of nitrogens with one attached hydrogen (secondary N) is 1. The zero-order valence-corrected chi connectivity index (χ0v) is 12.7. The molecule has 0 bridgehead atoms. The van der Waals surface area contributed by atoms with Gasteiger partial charge in [0.25, 0.3) is 0 Å². The Morgan fingerprint density at radius 2 is 1.67 bits per heavy atom. The second kappa shape index (κ2) is 6.81. The number of hydrogen-bond donors (Lipinski definition) is 1. The summed E-state index contributed by atoms with van der Waals surface area (Å²) in [7, 11) is 0. The van der Waals surface area contributed by atoms with Crippen LogP contribution in [0.25, 0.3) is 11.1 Å². The SMILES string of the molecule is CCCNC(C)c1ccc(F)cc1-c1ccc(F)cc1C. The molecule has 0 spiro atoms. The number of halogens is 2. The minimum absolute atomic E-state index is 0.116. The van der Waals surface area contributed by atoms with E-state index in [2.05, 4.69) is 19.2 Å². The quantitative estimate of drug-likeness (QED) is 0.816. The largest absolute Gasteiger partial charge is 0.310 e. The van der Waals surface area contributed by atoms with Crippen molar-refractivity contribution in [3.05, 3.63) is 59.2 Å². The molecule has 1 atom stereocenters. The van der Waals surface area contributed by atoms with Gasteiger partial charge in [-0.3, -0.25) is 0 Å². The van der Waals surface area contributed by atoms with Crippen molar-refractivity contribution in [1.82, 2.24) is 5.32 Å². The third-order valence-electron chi connectivity index (χ3n) is 3.66. The van der Waals surface area contributed by atoms with Crippen molar-refractivity contribution in [3.8, 4) is 11.1 Å². The molecule has 0 radical (unpaired) electrons. The lowest BCUT2D eigenvalue weighted by molar-refractivity contribution is 0.569. The van der Waals surface area contributed by atoms with Crippen LogP contribution in [0.2, 0.25) is 0 Å². The zero-order valence-electron chi connectivity index (χ0n) is 12.7. The molecule has 0 heterocycles. The van der Waals surface area contributed by atoms with Crippen molar-refractivity contribution >= 4 is 0 Å². The van der Waals surface area contributed by atoms with Gasteiger partial charge < -0.3 is 5.32 Å². The third kappa shape index (κ3) is 3.67. The van der Waals surface area contributed by atoms with Crippen LogP contribution >= 0.6 is 0 Å². The monoisotopic (exact) mass is 289 g/mol. The molecule has 1 nitrogen and oxygen atoms in total. The van der Waals surface area contributed by atoms with Crippen molar-refractivity contribution < 1.29 is 8.78 Å². The molecule has 0 aliphatic heterocycles. The zero-order chi connectivity index (χ0) is 15.4. The van der Waals surface area contributed by atoms with Crippen LogP contribution in [0.4, 0.5) is 8.78 Å². The van der Waals surface area contributed by atoms with E-state index in [1.54, 1.807) is 12.1 Å². The summed E-state index contributed by atoms with van der Waals surface area (Å²) in [5, 5.41) is 3.41. The average molecular weight is 289 g/mol. The van der Waals surface area contributed by atoms with Gasteiger partial charge in [-0.05, 0) is 73.3 Å². The molecule has 21 heavy (non-hydrogen) atoms. The molecule has 0 saturated heterocycles. The Balaban J connectivity index is 2.48. The molecular weight excluding hydrogens is 268 g/mol. The molecule has 0 amide bonds. The predicted octanol–water partition coefficient (Wildman–Crippen LogP) is 5.00. The standard InChI is InChI=1S/C18H21F2N/c1-4-9-21-13(3)17-8-6-15(20)11-18(17)16-7-5-14(19)10-12(16)2/h5-8,10-11,13,21H,4,9H2,1-3H3. The maximum absolute atomic E-state index is 13.7. The highest BCUT2D eigenvalue weighted by molar-refractivity contribution is 5.71. The van der Waals surface area contributed by atoms with Crippen LogP contribution in [0.1, 0.15) is 37.4 Å². The van der Waals surface area contributed by atoms with Crippen LogP contribution in [0.5, 0.6) is 0 Å². The van der Waals surface area contributed by atoms with Crippen LogP contribution in [0, 0.1) is 18.6 Å². The maximum atomic E-state index is 13.7. The summed E-state index contributed by atoms with van der Waals surface area (Å²) in [6, 6.07) is 9.54. The third-order valence-corrected chi connectivity index (χ3v) is 3.66. The topological polar surface area (TPSA) is 12.0 Å². The minimum atomic E-state index is -0.278. The average Bonchev–Trinajstić information content (AvgIpc) is 2.44. The molecular formula is C18H21F2N. The summed E-state index contributed by atoms with van der Waals surface area (Å²) < 4.78 is 26.9. The van der Waals surface area contributed by atoms with Gasteiger partial charge >= 0.3 is 0 Å². The molecule has 0 fully saturated rings. The number of rotatable bonds is 5. The number of benzene rings is 2. The first-order valence-electron chi connectivity index (χ1n) is 7.32. The first-order chi connectivity index (χ1) is 10.0. The van der Waals surface area contributed by atoms with Gasteiger partial charge in [0.15, 0.2) is 0 Å². The summed E-state index contributed by atoms with van der Waals surface area (Å²) in [4.78, 5) is 0. The molecule has 0 saturated carbocycles. The van der Waals surface area contributed by atoms with E-state index in [-0.39, 0.29) is 17.7 Å². The molecule has 3 heteroatoms. The van der Waals surface area contributed by atoms with E-state index in [0.29, 0.717) is 0 Å². The van der Waals surface area contributed by atoms with E-state index in [9.17, 15) is 8.78 Å². The van der Waals surface area contributed by atoms with Gasteiger partial charge in [-0.1, -0.05) is 19.1 Å². The Morgan fingerprint density at radius 3 is 2.33 bits per heavy atom. The number of hydrogen-bond acceptors (Lipinski definition) is 1. The summed E-state index contributed by atoms with van der Waals surface area (Å²) in [6.07, 6.45) is 1.04. The first-order valence-corrected chi connectivity index (χ1v) is 7.32. The second-order valence-electron chi connectivity index (χ2n) is 5.37. The molecule has 2 rings (SSSR count). The highest BCUT2D eigenvalue weighted by Crippen LogP contribution is 2.31. The van der Waals surface area contributed by atoms with Gasteiger partial charge in [-0.25, -0.2) is 8.78 Å². The number of aryl methyl sites for hydroxylation is 1. The van der Waals surface area contributed by atoms with Crippen LogP contribution < -0.4 is 5.32 Å². The molecule has 1 N–H and O–H groups in total. The smallest absolute Gasteiger partial charge is 0.123 e. The van der Waals surface area contributed by atoms with Crippen molar-refractivity contribution in [1.29, 1.82) is 0 Å². The van der Waals surface area contributed by atoms with E-state index in [4.69, 9.17) is 0 Å². The Morgan fingerprint density at radius 1 is 1.00 bits per heavy atom. The van der Waals surface area contributed by atoms with Crippen LogP contribution in [0.15, 0.2) is 36.4 Å². The normalized spacial score (nSPS) is 12.4. The molecule has 2 aromatic carbocycles. The Bertz CT molecular complexity index is 623. The van der Waals surface area contributed by atoms with Crippen LogP contribution in [0.3, 0.4) is 0 Å². The fraction of sp³-hybridized carbons (Fsp3) is 0.333. The molecule has 0 aromatic heterocycles.